The Morgan fingerprint density at radius 1 is 1.16 bits per heavy atom. The highest BCUT2D eigenvalue weighted by Gasteiger charge is 2.33. The van der Waals surface area contributed by atoms with Gasteiger partial charge >= 0.3 is 0 Å². The van der Waals surface area contributed by atoms with E-state index in [1.54, 1.807) is 5.01 Å². The zero-order valence-corrected chi connectivity index (χ0v) is 12.3. The fourth-order valence-electron chi connectivity index (χ4n) is 2.59. The summed E-state index contributed by atoms with van der Waals surface area (Å²) in [7, 11) is -1.50. The lowest BCUT2D eigenvalue weighted by Gasteiger charge is -2.37. The van der Waals surface area contributed by atoms with Gasteiger partial charge in [-0.3, -0.25) is 0 Å². The molecule has 2 heterocycles. The Balaban J connectivity index is 1.96. The first-order valence-electron chi connectivity index (χ1n) is 6.86. The normalized spacial score (nSPS) is 28.6. The zero-order valence-electron chi connectivity index (χ0n) is 11.5. The van der Waals surface area contributed by atoms with E-state index < -0.39 is 10.2 Å². The number of likely N-dealkylation sites (N-methyl/N-ethyl adjacent to an activating group) is 1. The van der Waals surface area contributed by atoms with Gasteiger partial charge in [0.15, 0.2) is 0 Å². The maximum absolute atomic E-state index is 12.4. The van der Waals surface area contributed by atoms with Gasteiger partial charge in [-0.25, -0.2) is 5.01 Å². The molecule has 0 bridgehead atoms. The second-order valence-corrected chi connectivity index (χ2v) is 6.93. The number of aliphatic hydroxyl groups excluding tert-OH is 1. The van der Waals surface area contributed by atoms with Gasteiger partial charge in [-0.1, -0.05) is 6.42 Å². The molecular weight excluding hydrogens is 268 g/mol. The molecule has 1 unspecified atom stereocenters. The number of aliphatic hydroxyl groups is 1. The molecule has 7 nitrogen and oxygen atoms in total. The largest absolute Gasteiger partial charge is 0.395 e. The van der Waals surface area contributed by atoms with Gasteiger partial charge in [0, 0.05) is 38.8 Å². The summed E-state index contributed by atoms with van der Waals surface area (Å²) >= 11 is 0. The van der Waals surface area contributed by atoms with Gasteiger partial charge in [-0.05, 0) is 19.9 Å². The van der Waals surface area contributed by atoms with Gasteiger partial charge in [0.1, 0.15) is 0 Å². The Labute approximate surface area is 115 Å². The lowest BCUT2D eigenvalue weighted by Crippen LogP contribution is -2.58. The van der Waals surface area contributed by atoms with Crippen LogP contribution in [0, 0.1) is 0 Å². The maximum atomic E-state index is 12.4. The molecule has 2 aliphatic heterocycles. The monoisotopic (exact) mass is 292 g/mol. The summed E-state index contributed by atoms with van der Waals surface area (Å²) in [6.45, 7) is 3.47. The van der Waals surface area contributed by atoms with E-state index >= 15 is 0 Å². The van der Waals surface area contributed by atoms with Crippen molar-refractivity contribution in [3.63, 3.8) is 0 Å². The van der Waals surface area contributed by atoms with Gasteiger partial charge in [-0.2, -0.15) is 12.7 Å². The van der Waals surface area contributed by atoms with E-state index in [1.807, 2.05) is 7.05 Å². The molecule has 2 fully saturated rings. The molecule has 8 heteroatoms. The summed E-state index contributed by atoms with van der Waals surface area (Å²) in [6.07, 6.45) is 2.58. The number of hydrogen-bond donors (Lipinski definition) is 2. The fraction of sp³-hybridized carbons (Fsp3) is 1.00. The van der Waals surface area contributed by atoms with Gasteiger partial charge < -0.3 is 10.0 Å². The summed E-state index contributed by atoms with van der Waals surface area (Å²) in [6, 6.07) is -0.279. The van der Waals surface area contributed by atoms with Crippen molar-refractivity contribution in [2.24, 2.45) is 0 Å². The number of rotatable bonds is 4. The highest BCUT2D eigenvalue weighted by Crippen LogP contribution is 2.19. The minimum atomic E-state index is -3.53. The molecule has 112 valence electrons. The van der Waals surface area contributed by atoms with E-state index in [1.165, 1.54) is 4.31 Å². The van der Waals surface area contributed by atoms with Crippen LogP contribution in [0.4, 0.5) is 0 Å². The molecule has 0 saturated carbocycles. The average molecular weight is 292 g/mol. The fourth-order valence-corrected chi connectivity index (χ4v) is 4.13. The predicted molar refractivity (Wildman–Crippen MR) is 72.6 cm³/mol. The van der Waals surface area contributed by atoms with E-state index in [0.717, 1.165) is 32.4 Å². The van der Waals surface area contributed by atoms with Gasteiger partial charge in [-0.15, -0.1) is 4.83 Å². The van der Waals surface area contributed by atoms with E-state index in [4.69, 9.17) is 0 Å². The standard InChI is InChI=1S/C11H24N4O3S/c1-13-6-8-14(9-7-13)12-19(17,18)15-5-3-2-4-11(15)10-16/h11-12,16H,2-10H2,1H3. The van der Waals surface area contributed by atoms with Gasteiger partial charge in [0.25, 0.3) is 10.2 Å². The molecule has 2 aliphatic rings. The number of nitrogens with one attached hydrogen (secondary N) is 1. The molecule has 0 spiro atoms. The Bertz CT molecular complexity index is 381. The first kappa shape index (κ1) is 15.1. The third-order valence-electron chi connectivity index (χ3n) is 3.84. The third kappa shape index (κ3) is 3.87. The zero-order chi connectivity index (χ0) is 13.9. The average Bonchev–Trinajstić information content (AvgIpc) is 2.41. The third-order valence-corrected chi connectivity index (χ3v) is 5.43. The summed E-state index contributed by atoms with van der Waals surface area (Å²) in [5.74, 6) is 0. The van der Waals surface area contributed by atoms with Crippen molar-refractivity contribution in [3.05, 3.63) is 0 Å². The lowest BCUT2D eigenvalue weighted by molar-refractivity contribution is 0.120. The van der Waals surface area contributed by atoms with E-state index in [2.05, 4.69) is 9.73 Å². The number of piperazine rings is 1. The molecule has 2 N–H and O–H groups in total. The van der Waals surface area contributed by atoms with Crippen LogP contribution in [0.1, 0.15) is 19.3 Å². The van der Waals surface area contributed by atoms with Crippen LogP contribution in [0.25, 0.3) is 0 Å². The van der Waals surface area contributed by atoms with Crippen LogP contribution in [0.3, 0.4) is 0 Å². The first-order valence-corrected chi connectivity index (χ1v) is 8.30. The molecule has 0 aliphatic carbocycles. The van der Waals surface area contributed by atoms with E-state index in [9.17, 15) is 13.5 Å². The number of nitrogens with zero attached hydrogens (tertiary/aromatic N) is 3. The Hall–Kier alpha value is -0.250. The molecule has 0 aromatic carbocycles. The van der Waals surface area contributed by atoms with E-state index in [-0.39, 0.29) is 12.6 Å². The van der Waals surface area contributed by atoms with Crippen molar-refractivity contribution in [1.29, 1.82) is 0 Å². The summed E-state index contributed by atoms with van der Waals surface area (Å²) < 4.78 is 26.1. The lowest BCUT2D eigenvalue weighted by atomic mass is 10.1. The van der Waals surface area contributed by atoms with Crippen LogP contribution >= 0.6 is 0 Å². The predicted octanol–water partition coefficient (Wildman–Crippen LogP) is -1.17. The Morgan fingerprint density at radius 2 is 1.84 bits per heavy atom. The molecule has 1 atom stereocenters. The first-order chi connectivity index (χ1) is 9.03. The van der Waals surface area contributed by atoms with Gasteiger partial charge in [0.05, 0.1) is 6.61 Å². The molecule has 0 radical (unpaired) electrons. The molecule has 0 aromatic rings. The van der Waals surface area contributed by atoms with E-state index in [0.29, 0.717) is 19.6 Å². The Kier molecular flexibility index (Phi) is 5.15. The number of hydrazine groups is 1. The molecule has 19 heavy (non-hydrogen) atoms. The SMILES string of the molecule is CN1CCN(NS(=O)(=O)N2CCCCC2CO)CC1. The van der Waals surface area contributed by atoms with Crippen molar-refractivity contribution < 1.29 is 13.5 Å². The Morgan fingerprint density at radius 3 is 2.47 bits per heavy atom. The number of hydrogen-bond acceptors (Lipinski definition) is 5. The summed E-state index contributed by atoms with van der Waals surface area (Å²) in [5, 5.41) is 11.1. The van der Waals surface area contributed by atoms with Crippen LogP contribution in [-0.2, 0) is 10.2 Å². The molecule has 0 amide bonds. The number of piperidine rings is 1. The second kappa shape index (κ2) is 6.47. The van der Waals surface area contributed by atoms with Crippen LogP contribution in [-0.4, -0.2) is 80.2 Å². The highest BCUT2D eigenvalue weighted by atomic mass is 32.2. The van der Waals surface area contributed by atoms with Crippen LogP contribution in [0.2, 0.25) is 0 Å². The van der Waals surface area contributed by atoms with Crippen molar-refractivity contribution >= 4 is 10.2 Å². The summed E-state index contributed by atoms with van der Waals surface area (Å²) in [4.78, 5) is 4.81. The van der Waals surface area contributed by atoms with Crippen LogP contribution < -0.4 is 4.83 Å². The maximum Gasteiger partial charge on any atom is 0.292 e. The quantitative estimate of drug-likeness (QED) is 0.683. The molecule has 2 saturated heterocycles. The minimum Gasteiger partial charge on any atom is -0.395 e. The molecule has 0 aromatic heterocycles. The van der Waals surface area contributed by atoms with Gasteiger partial charge in [0.2, 0.25) is 0 Å². The van der Waals surface area contributed by atoms with Crippen molar-refractivity contribution in [1.82, 2.24) is 19.0 Å². The smallest absolute Gasteiger partial charge is 0.292 e. The van der Waals surface area contributed by atoms with Crippen LogP contribution in [0.15, 0.2) is 0 Å². The topological polar surface area (TPSA) is 76.1 Å². The van der Waals surface area contributed by atoms with Crippen molar-refractivity contribution in [3.8, 4) is 0 Å². The highest BCUT2D eigenvalue weighted by molar-refractivity contribution is 7.87. The van der Waals surface area contributed by atoms with Crippen LogP contribution in [0.5, 0.6) is 0 Å². The molecular formula is C11H24N4O3S. The summed E-state index contributed by atoms with van der Waals surface area (Å²) in [5.41, 5.74) is 0. The molecule has 2 rings (SSSR count). The second-order valence-electron chi connectivity index (χ2n) is 5.33. The van der Waals surface area contributed by atoms with Crippen molar-refractivity contribution in [2.45, 2.75) is 25.3 Å². The van der Waals surface area contributed by atoms with Crippen molar-refractivity contribution in [2.75, 3.05) is 46.4 Å². The minimum absolute atomic E-state index is 0.107.